The van der Waals surface area contributed by atoms with Crippen molar-refractivity contribution < 1.29 is 9.15 Å². The fourth-order valence-electron chi connectivity index (χ4n) is 2.90. The molecule has 7 heteroatoms. The zero-order valence-electron chi connectivity index (χ0n) is 14.1. The molecule has 1 aromatic heterocycles. The molecule has 0 saturated carbocycles. The van der Waals surface area contributed by atoms with Crippen molar-refractivity contribution in [3.05, 3.63) is 44.6 Å². The van der Waals surface area contributed by atoms with Crippen LogP contribution >= 0.6 is 0 Å². The molecule has 2 N–H and O–H groups in total. The number of morpholine rings is 1. The Morgan fingerprint density at radius 2 is 1.79 bits per heavy atom. The van der Waals surface area contributed by atoms with Gasteiger partial charge in [0.2, 0.25) is 0 Å². The normalized spacial score (nSPS) is 16.4. The maximum absolute atomic E-state index is 11.9. The van der Waals surface area contributed by atoms with E-state index in [1.807, 2.05) is 6.07 Å². The highest BCUT2D eigenvalue weighted by Gasteiger charge is 2.30. The second-order valence-electron chi connectivity index (χ2n) is 6.61. The quantitative estimate of drug-likeness (QED) is 0.732. The lowest BCUT2D eigenvalue weighted by Gasteiger charge is -2.41. The maximum atomic E-state index is 11.9. The highest BCUT2D eigenvalue weighted by Crippen LogP contribution is 2.20. The van der Waals surface area contributed by atoms with E-state index < -0.39 is 10.9 Å². The predicted octanol–water partition coefficient (Wildman–Crippen LogP) is 1.01. The molecule has 130 valence electrons. The minimum Gasteiger partial charge on any atom is -0.467 e. The largest absolute Gasteiger partial charge is 0.467 e. The Hall–Kier alpha value is -2.12. The minimum absolute atomic E-state index is 0.137. The number of furan rings is 1. The van der Waals surface area contributed by atoms with Crippen molar-refractivity contribution in [1.82, 2.24) is 4.90 Å². The number of hydrogen-bond donors (Lipinski definition) is 2. The van der Waals surface area contributed by atoms with Crippen LogP contribution in [0.4, 0.5) is 11.4 Å². The zero-order valence-corrected chi connectivity index (χ0v) is 14.1. The van der Waals surface area contributed by atoms with E-state index in [1.165, 1.54) is 0 Å². The van der Waals surface area contributed by atoms with Gasteiger partial charge in [0, 0.05) is 25.2 Å². The summed E-state index contributed by atoms with van der Waals surface area (Å²) in [6, 6.07) is 3.59. The van der Waals surface area contributed by atoms with Crippen molar-refractivity contribution in [3.63, 3.8) is 0 Å². The van der Waals surface area contributed by atoms with Crippen LogP contribution in [0.1, 0.15) is 19.6 Å². The van der Waals surface area contributed by atoms with E-state index in [0.717, 1.165) is 26.3 Å². The molecule has 3 rings (SSSR count). The molecule has 1 aliphatic rings. The summed E-state index contributed by atoms with van der Waals surface area (Å²) < 4.78 is 10.6. The third-order valence-electron chi connectivity index (χ3n) is 4.49. The fourth-order valence-corrected chi connectivity index (χ4v) is 2.90. The van der Waals surface area contributed by atoms with Crippen molar-refractivity contribution in [2.45, 2.75) is 25.9 Å². The van der Waals surface area contributed by atoms with Gasteiger partial charge in [-0.15, -0.1) is 0 Å². The first-order valence-electron chi connectivity index (χ1n) is 8.15. The third-order valence-corrected chi connectivity index (χ3v) is 4.49. The van der Waals surface area contributed by atoms with Crippen LogP contribution in [-0.2, 0) is 11.3 Å². The lowest BCUT2D eigenvalue weighted by Crippen LogP contribution is -2.54. The Labute approximate surface area is 140 Å². The SMILES string of the molecule is CC(C)(CNc1c(NCc2ccco2)c(=O)c1=O)N1CCOCC1. The number of anilines is 2. The summed E-state index contributed by atoms with van der Waals surface area (Å²) in [5, 5.41) is 6.14. The van der Waals surface area contributed by atoms with Crippen LogP contribution in [-0.4, -0.2) is 43.3 Å². The summed E-state index contributed by atoms with van der Waals surface area (Å²) >= 11 is 0. The summed E-state index contributed by atoms with van der Waals surface area (Å²) in [6.07, 6.45) is 1.57. The van der Waals surface area contributed by atoms with Gasteiger partial charge in [0.1, 0.15) is 17.1 Å². The molecule has 1 aliphatic heterocycles. The molecule has 1 saturated heterocycles. The van der Waals surface area contributed by atoms with Gasteiger partial charge in [-0.25, -0.2) is 0 Å². The first kappa shape index (κ1) is 16.7. The van der Waals surface area contributed by atoms with Crippen molar-refractivity contribution in [1.29, 1.82) is 0 Å². The molecule has 0 bridgehead atoms. The van der Waals surface area contributed by atoms with Gasteiger partial charge >= 0.3 is 0 Å². The number of rotatable bonds is 7. The highest BCUT2D eigenvalue weighted by atomic mass is 16.5. The van der Waals surface area contributed by atoms with Gasteiger partial charge in [-0.05, 0) is 26.0 Å². The van der Waals surface area contributed by atoms with Crippen LogP contribution < -0.4 is 21.5 Å². The van der Waals surface area contributed by atoms with Gasteiger partial charge in [-0.3, -0.25) is 14.5 Å². The van der Waals surface area contributed by atoms with Crippen molar-refractivity contribution >= 4 is 11.4 Å². The molecule has 0 aliphatic carbocycles. The van der Waals surface area contributed by atoms with Crippen LogP contribution in [0.25, 0.3) is 0 Å². The van der Waals surface area contributed by atoms with Gasteiger partial charge in [0.05, 0.1) is 26.0 Å². The summed E-state index contributed by atoms with van der Waals surface area (Å²) in [4.78, 5) is 26.0. The molecule has 0 unspecified atom stereocenters. The monoisotopic (exact) mass is 333 g/mol. The average molecular weight is 333 g/mol. The van der Waals surface area contributed by atoms with Gasteiger partial charge in [-0.1, -0.05) is 0 Å². The third kappa shape index (κ3) is 3.37. The molecule has 0 atom stereocenters. The number of hydrogen-bond acceptors (Lipinski definition) is 7. The number of nitrogens with one attached hydrogen (secondary N) is 2. The molecule has 7 nitrogen and oxygen atoms in total. The standard InChI is InChI=1S/C17H23N3O4/c1-17(2,20-5-8-23-9-6-20)11-19-14-13(15(21)16(14)22)18-10-12-4-3-7-24-12/h3-4,7,18-19H,5-6,8-11H2,1-2H3. The summed E-state index contributed by atoms with van der Waals surface area (Å²) in [7, 11) is 0. The molecule has 0 amide bonds. The van der Waals surface area contributed by atoms with Crippen LogP contribution in [0, 0.1) is 0 Å². The summed E-state index contributed by atoms with van der Waals surface area (Å²) in [5.41, 5.74) is -0.369. The molecular formula is C17H23N3O4. The first-order valence-corrected chi connectivity index (χ1v) is 8.15. The van der Waals surface area contributed by atoms with E-state index in [2.05, 4.69) is 29.4 Å². The van der Waals surface area contributed by atoms with Gasteiger partial charge in [-0.2, -0.15) is 0 Å². The minimum atomic E-state index is -0.478. The average Bonchev–Trinajstić information content (AvgIpc) is 3.11. The summed E-state index contributed by atoms with van der Waals surface area (Å²) in [6.45, 7) is 8.36. The van der Waals surface area contributed by atoms with Gasteiger partial charge in [0.25, 0.3) is 10.9 Å². The molecule has 24 heavy (non-hydrogen) atoms. The Morgan fingerprint density at radius 3 is 2.42 bits per heavy atom. The molecule has 0 radical (unpaired) electrons. The predicted molar refractivity (Wildman–Crippen MR) is 92.3 cm³/mol. The maximum Gasteiger partial charge on any atom is 0.253 e. The van der Waals surface area contributed by atoms with Crippen LogP contribution in [0.2, 0.25) is 0 Å². The number of ether oxygens (including phenoxy) is 1. The first-order chi connectivity index (χ1) is 11.5. The van der Waals surface area contributed by atoms with Crippen LogP contribution in [0.15, 0.2) is 32.4 Å². The fraction of sp³-hybridized carbons (Fsp3) is 0.529. The Kier molecular flexibility index (Phi) is 4.73. The second-order valence-corrected chi connectivity index (χ2v) is 6.61. The molecule has 1 aromatic carbocycles. The van der Waals surface area contributed by atoms with E-state index in [-0.39, 0.29) is 5.54 Å². The Bertz CT molecular complexity index is 738. The topological polar surface area (TPSA) is 83.8 Å². The number of nitrogens with zero attached hydrogens (tertiary/aromatic N) is 1. The smallest absolute Gasteiger partial charge is 0.253 e. The Morgan fingerprint density at radius 1 is 1.12 bits per heavy atom. The molecule has 2 heterocycles. The molecular weight excluding hydrogens is 310 g/mol. The molecule has 1 fully saturated rings. The van der Waals surface area contributed by atoms with Crippen LogP contribution in [0.3, 0.4) is 0 Å². The van der Waals surface area contributed by atoms with E-state index >= 15 is 0 Å². The van der Waals surface area contributed by atoms with E-state index in [1.54, 1.807) is 12.3 Å². The molecule has 0 spiro atoms. The lowest BCUT2D eigenvalue weighted by molar-refractivity contribution is -0.00569. The van der Waals surface area contributed by atoms with Crippen molar-refractivity contribution in [2.24, 2.45) is 0 Å². The zero-order chi connectivity index (χ0) is 17.2. The Balaban J connectivity index is 1.61. The molecule has 2 aromatic rings. The van der Waals surface area contributed by atoms with E-state index in [0.29, 0.717) is 30.2 Å². The second kappa shape index (κ2) is 6.78. The van der Waals surface area contributed by atoms with E-state index in [9.17, 15) is 9.59 Å². The summed E-state index contributed by atoms with van der Waals surface area (Å²) in [5.74, 6) is 0.711. The van der Waals surface area contributed by atoms with Gasteiger partial charge in [0.15, 0.2) is 0 Å². The lowest BCUT2D eigenvalue weighted by atomic mass is 10.0. The van der Waals surface area contributed by atoms with Crippen molar-refractivity contribution in [3.8, 4) is 0 Å². The van der Waals surface area contributed by atoms with Crippen LogP contribution in [0.5, 0.6) is 0 Å². The van der Waals surface area contributed by atoms with Gasteiger partial charge < -0.3 is 19.8 Å². The van der Waals surface area contributed by atoms with Crippen molar-refractivity contribution in [2.75, 3.05) is 43.5 Å². The highest BCUT2D eigenvalue weighted by molar-refractivity contribution is 5.74. The van der Waals surface area contributed by atoms with E-state index in [4.69, 9.17) is 9.15 Å².